The van der Waals surface area contributed by atoms with E-state index in [1.54, 1.807) is 0 Å². The normalized spacial score (nSPS) is 30.0. The summed E-state index contributed by atoms with van der Waals surface area (Å²) in [7, 11) is 0. The minimum Gasteiger partial charge on any atom is -0.391 e. The summed E-state index contributed by atoms with van der Waals surface area (Å²) in [6.07, 6.45) is 3.34. The molecule has 0 radical (unpaired) electrons. The maximum absolute atomic E-state index is 12.7. The first-order valence-electron chi connectivity index (χ1n) is 8.78. The van der Waals surface area contributed by atoms with Gasteiger partial charge in [0.1, 0.15) is 0 Å². The summed E-state index contributed by atoms with van der Waals surface area (Å²) >= 11 is 0. The van der Waals surface area contributed by atoms with Gasteiger partial charge in [-0.15, -0.1) is 24.8 Å². The van der Waals surface area contributed by atoms with Crippen molar-refractivity contribution >= 4 is 36.4 Å². The van der Waals surface area contributed by atoms with Gasteiger partial charge in [0.2, 0.25) is 0 Å². The lowest BCUT2D eigenvalue weighted by molar-refractivity contribution is 0.0462. The van der Waals surface area contributed by atoms with Gasteiger partial charge in [0.05, 0.1) is 23.4 Å². The Hall–Kier alpha value is -1.01. The Labute approximate surface area is 161 Å². The minimum atomic E-state index is -0.437. The van der Waals surface area contributed by atoms with E-state index in [0.717, 1.165) is 51.0 Å². The highest BCUT2D eigenvalue weighted by molar-refractivity contribution is 6.00. The fourth-order valence-corrected chi connectivity index (χ4v) is 4.40. The molecular formula is C18H27Cl2N3O2. The van der Waals surface area contributed by atoms with Crippen molar-refractivity contribution in [2.24, 2.45) is 11.8 Å². The van der Waals surface area contributed by atoms with Gasteiger partial charge in [0.25, 0.3) is 5.91 Å². The van der Waals surface area contributed by atoms with Crippen LogP contribution >= 0.6 is 24.8 Å². The van der Waals surface area contributed by atoms with Crippen molar-refractivity contribution in [3.05, 3.63) is 29.3 Å². The fourth-order valence-electron chi connectivity index (χ4n) is 4.40. The molecule has 140 valence electrons. The second-order valence-corrected chi connectivity index (χ2v) is 7.17. The molecule has 1 aliphatic carbocycles. The number of carbonyl (C=O) groups is 1. The van der Waals surface area contributed by atoms with E-state index < -0.39 is 6.10 Å². The van der Waals surface area contributed by atoms with E-state index in [1.807, 2.05) is 12.1 Å². The van der Waals surface area contributed by atoms with Crippen LogP contribution in [-0.2, 0) is 6.42 Å². The van der Waals surface area contributed by atoms with Crippen LogP contribution in [0.25, 0.3) is 0 Å². The first kappa shape index (κ1) is 20.3. The van der Waals surface area contributed by atoms with Crippen LogP contribution < -0.4 is 16.0 Å². The second kappa shape index (κ2) is 8.58. The first-order chi connectivity index (χ1) is 11.2. The van der Waals surface area contributed by atoms with Crippen LogP contribution in [0, 0.1) is 11.8 Å². The molecule has 0 aromatic heterocycles. The lowest BCUT2D eigenvalue weighted by atomic mass is 9.77. The third-order valence-corrected chi connectivity index (χ3v) is 5.68. The summed E-state index contributed by atoms with van der Waals surface area (Å²) in [6.45, 7) is 2.92. The highest BCUT2D eigenvalue weighted by Crippen LogP contribution is 2.33. The number of halogens is 2. The molecule has 5 nitrogen and oxygen atoms in total. The molecule has 4 rings (SSSR count). The van der Waals surface area contributed by atoms with Crippen LogP contribution in [0.2, 0.25) is 0 Å². The van der Waals surface area contributed by atoms with Crippen LogP contribution in [0.3, 0.4) is 0 Å². The predicted octanol–water partition coefficient (Wildman–Crippen LogP) is 1.98. The molecule has 1 aromatic carbocycles. The van der Waals surface area contributed by atoms with Gasteiger partial charge in [-0.25, -0.2) is 0 Å². The summed E-state index contributed by atoms with van der Waals surface area (Å²) in [6, 6.07) is 5.78. The molecule has 0 bridgehead atoms. The number of para-hydroxylation sites is 1. The van der Waals surface area contributed by atoms with Crippen molar-refractivity contribution in [3.8, 4) is 0 Å². The smallest absolute Gasteiger partial charge is 0.253 e. The van der Waals surface area contributed by atoms with E-state index in [0.29, 0.717) is 17.4 Å². The molecule has 1 saturated heterocycles. The molecule has 4 atom stereocenters. The number of amides is 1. The predicted molar refractivity (Wildman–Crippen MR) is 104 cm³/mol. The number of hydrogen-bond donors (Lipinski definition) is 4. The van der Waals surface area contributed by atoms with Crippen molar-refractivity contribution < 1.29 is 9.90 Å². The van der Waals surface area contributed by atoms with Crippen molar-refractivity contribution in [1.82, 2.24) is 10.6 Å². The molecule has 2 fully saturated rings. The lowest BCUT2D eigenvalue weighted by Crippen LogP contribution is -2.49. The number of aryl methyl sites for hydroxylation is 1. The third-order valence-electron chi connectivity index (χ3n) is 5.68. The van der Waals surface area contributed by atoms with Gasteiger partial charge in [0, 0.05) is 6.54 Å². The van der Waals surface area contributed by atoms with Gasteiger partial charge in [-0.2, -0.15) is 0 Å². The maximum Gasteiger partial charge on any atom is 0.253 e. The summed E-state index contributed by atoms with van der Waals surface area (Å²) in [4.78, 5) is 12.7. The number of aliphatic hydroxyl groups excluding tert-OH is 1. The molecule has 0 spiro atoms. The highest BCUT2D eigenvalue weighted by Gasteiger charge is 2.39. The van der Waals surface area contributed by atoms with E-state index in [4.69, 9.17) is 0 Å². The Bertz CT molecular complexity index is 614. The molecule has 3 aliphatic rings. The maximum atomic E-state index is 12.7. The average Bonchev–Trinajstić information content (AvgIpc) is 3.01. The molecule has 1 aromatic rings. The summed E-state index contributed by atoms with van der Waals surface area (Å²) in [5, 5.41) is 20.2. The summed E-state index contributed by atoms with van der Waals surface area (Å²) in [5.74, 6) is 1.07. The Morgan fingerprint density at radius 3 is 2.72 bits per heavy atom. The van der Waals surface area contributed by atoms with Crippen molar-refractivity contribution in [2.75, 3.05) is 25.0 Å². The molecule has 7 heteroatoms. The van der Waals surface area contributed by atoms with E-state index in [9.17, 15) is 9.90 Å². The van der Waals surface area contributed by atoms with Crippen LogP contribution in [0.15, 0.2) is 18.2 Å². The van der Waals surface area contributed by atoms with Gasteiger partial charge >= 0.3 is 0 Å². The van der Waals surface area contributed by atoms with Crippen molar-refractivity contribution in [2.45, 2.75) is 37.8 Å². The van der Waals surface area contributed by atoms with Crippen LogP contribution in [0.4, 0.5) is 5.69 Å². The molecule has 2 aliphatic heterocycles. The van der Waals surface area contributed by atoms with E-state index >= 15 is 0 Å². The number of nitrogens with one attached hydrogen (secondary N) is 3. The van der Waals surface area contributed by atoms with E-state index in [1.165, 1.54) is 5.56 Å². The molecule has 25 heavy (non-hydrogen) atoms. The number of rotatable bonds is 2. The quantitative estimate of drug-likeness (QED) is 0.625. The summed E-state index contributed by atoms with van der Waals surface area (Å²) < 4.78 is 0. The number of anilines is 1. The van der Waals surface area contributed by atoms with Crippen LogP contribution in [-0.4, -0.2) is 42.8 Å². The standard InChI is InChI=1S/C18H25N3O2.2ClH/c22-16-8-13-10-19-9-12(13)7-15(16)21-18(23)14-5-1-3-11-4-2-6-20-17(11)14;;/h1,3,5,12-13,15-16,19-20,22H,2,4,6-10H2,(H,21,23);2*1H/t12-,13+,15-,16-;;/m0../s1. The number of hydrogen-bond acceptors (Lipinski definition) is 4. The van der Waals surface area contributed by atoms with Gasteiger partial charge < -0.3 is 21.1 Å². The third kappa shape index (κ3) is 4.05. The van der Waals surface area contributed by atoms with Gasteiger partial charge in [-0.3, -0.25) is 4.79 Å². The van der Waals surface area contributed by atoms with E-state index in [2.05, 4.69) is 22.0 Å². The lowest BCUT2D eigenvalue weighted by Gasteiger charge is -2.36. The number of benzene rings is 1. The van der Waals surface area contributed by atoms with E-state index in [-0.39, 0.29) is 36.8 Å². The van der Waals surface area contributed by atoms with Crippen molar-refractivity contribution in [1.29, 1.82) is 0 Å². The Kier molecular flexibility index (Phi) is 6.97. The largest absolute Gasteiger partial charge is 0.391 e. The molecule has 0 unspecified atom stereocenters. The zero-order valence-electron chi connectivity index (χ0n) is 14.2. The number of aliphatic hydroxyl groups is 1. The zero-order valence-corrected chi connectivity index (χ0v) is 15.8. The van der Waals surface area contributed by atoms with Crippen LogP contribution in [0.1, 0.15) is 35.2 Å². The monoisotopic (exact) mass is 387 g/mol. The first-order valence-corrected chi connectivity index (χ1v) is 8.78. The summed E-state index contributed by atoms with van der Waals surface area (Å²) in [5.41, 5.74) is 2.90. The second-order valence-electron chi connectivity index (χ2n) is 7.17. The topological polar surface area (TPSA) is 73.4 Å². The Balaban J connectivity index is 0.00000113. The van der Waals surface area contributed by atoms with Crippen molar-refractivity contribution in [3.63, 3.8) is 0 Å². The minimum absolute atomic E-state index is 0. The zero-order chi connectivity index (χ0) is 15.8. The van der Waals surface area contributed by atoms with Gasteiger partial charge in [-0.05, 0) is 62.2 Å². The SMILES string of the molecule is Cl.Cl.O=C(N[C@H]1C[C@H]2CNC[C@H]2C[C@@H]1O)c1cccc2c1NCCC2. The van der Waals surface area contributed by atoms with Crippen LogP contribution in [0.5, 0.6) is 0 Å². The molecule has 1 saturated carbocycles. The molecular weight excluding hydrogens is 361 g/mol. The number of fused-ring (bicyclic) bond motifs is 2. The molecule has 1 amide bonds. The Morgan fingerprint density at radius 2 is 1.92 bits per heavy atom. The molecule has 2 heterocycles. The number of carbonyl (C=O) groups excluding carboxylic acids is 1. The van der Waals surface area contributed by atoms with Gasteiger partial charge in [0.15, 0.2) is 0 Å². The van der Waals surface area contributed by atoms with Gasteiger partial charge in [-0.1, -0.05) is 12.1 Å². The Morgan fingerprint density at radius 1 is 1.16 bits per heavy atom. The highest BCUT2D eigenvalue weighted by atomic mass is 35.5. The molecule has 4 N–H and O–H groups in total. The average molecular weight is 388 g/mol. The fraction of sp³-hybridized carbons (Fsp3) is 0.611.